The van der Waals surface area contributed by atoms with Crippen molar-refractivity contribution in [2.75, 3.05) is 0 Å². The molecular weight excluding hydrogens is 655 g/mol. The summed E-state index contributed by atoms with van der Waals surface area (Å²) in [6.45, 7) is 0. The first kappa shape index (κ1) is 19.0. The minimum absolute atomic E-state index is 0.100. The second-order valence-electron chi connectivity index (χ2n) is 12.9. The van der Waals surface area contributed by atoms with Gasteiger partial charge in [-0.15, -0.1) is 0 Å². The third-order valence-electron chi connectivity index (χ3n) is 9.63. The number of aromatic nitrogens is 3. The molecule has 0 saturated heterocycles. The minimum atomic E-state index is -3.94. The van der Waals surface area contributed by atoms with Crippen LogP contribution >= 0.6 is 0 Å². The fourth-order valence-corrected chi connectivity index (χ4v) is 7.00. The maximum Gasteiger partial charge on any atom is 0.164 e. The molecule has 0 N–H and O–H groups in total. The molecular formula is C51H39N3. The quantitative estimate of drug-likeness (QED) is 0.172. The van der Waals surface area contributed by atoms with E-state index in [0.29, 0.717) is 28.6 Å². The Morgan fingerprint density at radius 1 is 0.407 bits per heavy atom. The average molecular weight is 711 g/mol. The lowest BCUT2D eigenvalue weighted by atomic mass is 9.67. The van der Waals surface area contributed by atoms with Crippen LogP contribution in [-0.2, 0) is 5.41 Å². The lowest BCUT2D eigenvalue weighted by molar-refractivity contribution is 0.353. The highest BCUT2D eigenvalue weighted by Crippen LogP contribution is 2.56. The predicted octanol–water partition coefficient (Wildman–Crippen LogP) is 13.1. The van der Waals surface area contributed by atoms with Gasteiger partial charge in [0.05, 0.1) is 9.60 Å². The zero-order valence-corrected chi connectivity index (χ0v) is 28.5. The van der Waals surface area contributed by atoms with E-state index in [1.807, 2.05) is 109 Å². The molecule has 8 aromatic rings. The van der Waals surface area contributed by atoms with E-state index >= 15 is 0 Å². The fourth-order valence-electron chi connectivity index (χ4n) is 7.00. The van der Waals surface area contributed by atoms with Crippen LogP contribution in [0, 0.1) is 0 Å². The summed E-state index contributed by atoms with van der Waals surface area (Å²) in [6.07, 6.45) is -19.6. The van der Waals surface area contributed by atoms with Crippen LogP contribution < -0.4 is 0 Å². The first-order valence-corrected chi connectivity index (χ1v) is 17.4. The van der Waals surface area contributed by atoms with Gasteiger partial charge in [0.1, 0.15) is 0 Å². The normalized spacial score (nSPS) is 23.3. The highest BCUT2D eigenvalue weighted by atomic mass is 15.0. The Morgan fingerprint density at radius 3 is 1.43 bits per heavy atom. The van der Waals surface area contributed by atoms with Gasteiger partial charge in [-0.25, -0.2) is 15.0 Å². The van der Waals surface area contributed by atoms with Crippen LogP contribution in [0.4, 0.5) is 0 Å². The van der Waals surface area contributed by atoms with Crippen LogP contribution in [0.2, 0.25) is 0 Å². The van der Waals surface area contributed by atoms with Crippen molar-refractivity contribution in [1.82, 2.24) is 15.0 Å². The van der Waals surface area contributed by atoms with Crippen molar-refractivity contribution in [2.24, 2.45) is 0 Å². The second-order valence-corrected chi connectivity index (χ2v) is 12.9. The minimum Gasteiger partial charge on any atom is -0.208 e. The molecule has 1 aromatic heterocycles. The molecule has 7 aromatic carbocycles. The van der Waals surface area contributed by atoms with Crippen LogP contribution in [0.3, 0.4) is 0 Å². The summed E-state index contributed by atoms with van der Waals surface area (Å²) in [5.41, 5.74) is -1.84. The SMILES string of the molecule is [2H]c1c([2H])c([2H])c2c(c1[2H])-c1c([2H])c([2H])c(-c3cccc(-c4cccc(-c5cccc(-c6nc(-c7ccccc7)nc(-c7ccccc7)n6)c5)c4)c3)c([2H])c1C21C([2H])([2H])C([2H])([2H])C([2H])([2H])C([2H])([2H])C1([2H])[2H]. The van der Waals surface area contributed by atoms with Crippen LogP contribution in [0.15, 0.2) is 176 Å². The molecule has 1 saturated carbocycles. The highest BCUT2D eigenvalue weighted by Gasteiger charge is 2.43. The summed E-state index contributed by atoms with van der Waals surface area (Å²) in [5.74, 6) is 1.45. The van der Waals surface area contributed by atoms with E-state index in [4.69, 9.17) is 28.7 Å². The first-order chi connectivity index (χ1) is 33.4. The van der Waals surface area contributed by atoms with Gasteiger partial charge < -0.3 is 0 Å². The Bertz CT molecular complexity index is 3420. The van der Waals surface area contributed by atoms with E-state index in [-0.39, 0.29) is 11.1 Å². The van der Waals surface area contributed by atoms with Gasteiger partial charge >= 0.3 is 0 Å². The number of nitrogens with zero attached hydrogens (tertiary/aromatic N) is 3. The Labute approximate surface area is 341 Å². The molecule has 3 nitrogen and oxygen atoms in total. The zero-order chi connectivity index (χ0) is 51.0. The van der Waals surface area contributed by atoms with Gasteiger partial charge in [-0.1, -0.05) is 171 Å². The van der Waals surface area contributed by atoms with Gasteiger partial charge in [0.25, 0.3) is 0 Å². The Hall–Kier alpha value is -6.45. The number of hydrogen-bond acceptors (Lipinski definition) is 3. The molecule has 1 fully saturated rings. The number of rotatable bonds is 6. The van der Waals surface area contributed by atoms with Gasteiger partial charge in [0, 0.05) is 35.8 Å². The number of hydrogen-bond donors (Lipinski definition) is 0. The van der Waals surface area contributed by atoms with Gasteiger partial charge in [0.15, 0.2) is 17.5 Å². The molecule has 1 spiro atoms. The summed E-state index contributed by atoms with van der Waals surface area (Å²) >= 11 is 0. The predicted molar refractivity (Wildman–Crippen MR) is 222 cm³/mol. The van der Waals surface area contributed by atoms with Gasteiger partial charge in [-0.05, 0) is 92.6 Å². The fraction of sp³-hybridized carbons (Fsp3) is 0.118. The third-order valence-corrected chi connectivity index (χ3v) is 9.63. The van der Waals surface area contributed by atoms with Crippen molar-refractivity contribution in [3.05, 3.63) is 187 Å². The molecule has 0 aliphatic heterocycles. The molecule has 10 rings (SSSR count). The molecule has 0 atom stereocenters. The lowest BCUT2D eigenvalue weighted by Crippen LogP contribution is -2.28. The summed E-state index contributed by atoms with van der Waals surface area (Å²) in [6, 6.07) is 34.6. The Kier molecular flexibility index (Phi) is 4.77. The van der Waals surface area contributed by atoms with E-state index in [9.17, 15) is 9.60 Å². The van der Waals surface area contributed by atoms with Crippen molar-refractivity contribution < 1.29 is 23.3 Å². The standard InChI is InChI=1S/C51H39N3/c1-4-15-35(16-5-1)48-52-49(36-17-6-2-7-18-36)54-50(53-48)43-24-14-23-41(33-43)39-21-12-19-37(31-39)38-20-13-22-40(32-38)42-27-28-45-44-25-8-9-26-46(44)51(47(45)34-42)29-10-3-11-30-51/h1-2,4-9,12-28,31-34H,3,10-11,29-30H2/i3D2,8D,9D,10D2,11D2,25D,26D,27D,28D,29D2,30D2,34D. The van der Waals surface area contributed by atoms with E-state index in [1.54, 1.807) is 18.2 Å². The summed E-state index contributed by atoms with van der Waals surface area (Å²) in [5, 5.41) is 0. The molecule has 1 heterocycles. The van der Waals surface area contributed by atoms with Crippen LogP contribution in [0.25, 0.3) is 78.7 Å². The summed E-state index contributed by atoms with van der Waals surface area (Å²) < 4.78 is 155. The first-order valence-electron chi connectivity index (χ1n) is 25.9. The van der Waals surface area contributed by atoms with Crippen molar-refractivity contribution in [3.63, 3.8) is 0 Å². The molecule has 2 aliphatic carbocycles. The molecule has 2 aliphatic rings. The van der Waals surface area contributed by atoms with Gasteiger partial charge in [-0.2, -0.15) is 0 Å². The highest BCUT2D eigenvalue weighted by molar-refractivity contribution is 5.85. The smallest absolute Gasteiger partial charge is 0.164 e. The van der Waals surface area contributed by atoms with Crippen LogP contribution in [0.1, 0.15) is 66.3 Å². The van der Waals surface area contributed by atoms with E-state index in [0.717, 1.165) is 27.8 Å². The largest absolute Gasteiger partial charge is 0.208 e. The molecule has 258 valence electrons. The van der Waals surface area contributed by atoms with Crippen molar-refractivity contribution >= 4 is 0 Å². The molecule has 0 amide bonds. The summed E-state index contributed by atoms with van der Waals surface area (Å²) in [7, 11) is 0. The van der Waals surface area contributed by atoms with Crippen molar-refractivity contribution in [2.45, 2.75) is 37.3 Å². The number of benzene rings is 7. The summed E-state index contributed by atoms with van der Waals surface area (Å²) in [4.78, 5) is 14.5. The molecule has 0 bridgehead atoms. The van der Waals surface area contributed by atoms with E-state index in [2.05, 4.69) is 0 Å². The van der Waals surface area contributed by atoms with Crippen LogP contribution in [-0.4, -0.2) is 15.0 Å². The van der Waals surface area contributed by atoms with Gasteiger partial charge in [-0.3, -0.25) is 0 Å². The van der Waals surface area contributed by atoms with E-state index in [1.165, 1.54) is 6.07 Å². The maximum atomic E-state index is 9.83. The molecule has 3 heteroatoms. The van der Waals surface area contributed by atoms with Crippen molar-refractivity contribution in [3.8, 4) is 78.7 Å². The topological polar surface area (TPSA) is 38.7 Å². The third kappa shape index (κ3) is 5.74. The second kappa shape index (κ2) is 13.5. The molecule has 0 radical (unpaired) electrons. The van der Waals surface area contributed by atoms with E-state index < -0.39 is 102 Å². The van der Waals surface area contributed by atoms with Crippen LogP contribution in [0.5, 0.6) is 0 Å². The molecule has 54 heavy (non-hydrogen) atoms. The number of fused-ring (bicyclic) bond motifs is 5. The Morgan fingerprint density at radius 2 is 0.852 bits per heavy atom. The molecule has 0 unspecified atom stereocenters. The monoisotopic (exact) mass is 710 g/mol. The Balaban J connectivity index is 1.13. The lowest BCUT2D eigenvalue weighted by Gasteiger charge is -2.36. The van der Waals surface area contributed by atoms with Gasteiger partial charge in [0.2, 0.25) is 0 Å². The zero-order valence-electron chi connectivity index (χ0n) is 45.5. The van der Waals surface area contributed by atoms with Crippen molar-refractivity contribution in [1.29, 1.82) is 0 Å². The average Bonchev–Trinajstić information content (AvgIpc) is 3.72. The maximum absolute atomic E-state index is 9.83.